The maximum absolute atomic E-state index is 12.7. The van der Waals surface area contributed by atoms with Crippen LogP contribution in [0.15, 0.2) is 29.6 Å². The maximum Gasteiger partial charge on any atom is 0.254 e. The van der Waals surface area contributed by atoms with Crippen molar-refractivity contribution in [3.8, 4) is 0 Å². The molecule has 0 bridgehead atoms. The lowest BCUT2D eigenvalue weighted by atomic mass is 10.2. The van der Waals surface area contributed by atoms with E-state index in [-0.39, 0.29) is 30.7 Å². The normalized spacial score (nSPS) is 10.4. The molecule has 0 saturated carbocycles. The van der Waals surface area contributed by atoms with Gasteiger partial charge in [-0.25, -0.2) is 4.98 Å². The quantitative estimate of drug-likeness (QED) is 0.597. The highest BCUT2D eigenvalue weighted by Crippen LogP contribution is 2.16. The minimum absolute atomic E-state index is 0.0821. The van der Waals surface area contributed by atoms with Gasteiger partial charge in [-0.15, -0.1) is 11.3 Å². The van der Waals surface area contributed by atoms with E-state index in [2.05, 4.69) is 15.6 Å². The number of halogens is 1. The summed E-state index contributed by atoms with van der Waals surface area (Å²) in [5, 5.41) is 8.18. The number of thiazole rings is 1. The van der Waals surface area contributed by atoms with Crippen molar-refractivity contribution < 1.29 is 14.4 Å². The van der Waals surface area contributed by atoms with Crippen LogP contribution in [0, 0.1) is 0 Å². The molecular formula is C20H25ClN4O3S. The number of nitrogens with one attached hydrogen (secondary N) is 2. The summed E-state index contributed by atoms with van der Waals surface area (Å²) in [5.41, 5.74) is 1.08. The number of hydrogen-bond acceptors (Lipinski definition) is 5. The van der Waals surface area contributed by atoms with Gasteiger partial charge in [-0.2, -0.15) is 0 Å². The second kappa shape index (κ2) is 11.5. The van der Waals surface area contributed by atoms with Gasteiger partial charge >= 0.3 is 0 Å². The molecular weight excluding hydrogens is 412 g/mol. The number of carbonyl (C=O) groups excluding carboxylic acids is 3. The topological polar surface area (TPSA) is 91.4 Å². The Morgan fingerprint density at radius 2 is 1.83 bits per heavy atom. The molecule has 1 heterocycles. The highest BCUT2D eigenvalue weighted by molar-refractivity contribution is 7.13. The number of hydrogen-bond donors (Lipinski definition) is 2. The molecule has 0 spiro atoms. The number of anilines is 1. The Labute approximate surface area is 179 Å². The Balaban J connectivity index is 1.94. The van der Waals surface area contributed by atoms with Crippen LogP contribution < -0.4 is 10.6 Å². The number of nitrogens with zero attached hydrogens (tertiary/aromatic N) is 2. The van der Waals surface area contributed by atoms with Crippen LogP contribution in [-0.2, 0) is 16.0 Å². The largest absolute Gasteiger partial charge is 0.356 e. The van der Waals surface area contributed by atoms with E-state index in [9.17, 15) is 14.4 Å². The van der Waals surface area contributed by atoms with Crippen LogP contribution in [0.4, 0.5) is 5.13 Å². The number of aromatic nitrogens is 1. The summed E-state index contributed by atoms with van der Waals surface area (Å²) in [4.78, 5) is 42.6. The highest BCUT2D eigenvalue weighted by atomic mass is 35.5. The number of benzene rings is 1. The van der Waals surface area contributed by atoms with Gasteiger partial charge < -0.3 is 15.5 Å². The molecule has 2 rings (SSSR count). The summed E-state index contributed by atoms with van der Waals surface area (Å²) >= 11 is 7.12. The zero-order chi connectivity index (χ0) is 21.2. The number of amides is 3. The van der Waals surface area contributed by atoms with Crippen LogP contribution >= 0.6 is 22.9 Å². The van der Waals surface area contributed by atoms with E-state index in [1.165, 1.54) is 16.2 Å². The fraction of sp³-hybridized carbons (Fsp3) is 0.400. The van der Waals surface area contributed by atoms with Gasteiger partial charge in [0.05, 0.1) is 12.1 Å². The third-order valence-electron chi connectivity index (χ3n) is 3.92. The van der Waals surface area contributed by atoms with Crippen LogP contribution in [0.5, 0.6) is 0 Å². The van der Waals surface area contributed by atoms with E-state index in [1.807, 2.05) is 13.8 Å². The van der Waals surface area contributed by atoms with E-state index in [1.54, 1.807) is 29.6 Å². The first kappa shape index (κ1) is 22.8. The van der Waals surface area contributed by atoms with Crippen molar-refractivity contribution in [3.05, 3.63) is 45.9 Å². The van der Waals surface area contributed by atoms with Crippen LogP contribution in [0.3, 0.4) is 0 Å². The summed E-state index contributed by atoms with van der Waals surface area (Å²) in [6.07, 6.45) is 1.76. The van der Waals surface area contributed by atoms with E-state index >= 15 is 0 Å². The van der Waals surface area contributed by atoms with Gasteiger partial charge in [0.25, 0.3) is 5.91 Å². The molecule has 9 heteroatoms. The lowest BCUT2D eigenvalue weighted by Crippen LogP contribution is -2.38. The molecule has 0 unspecified atom stereocenters. The molecule has 2 N–H and O–H groups in total. The van der Waals surface area contributed by atoms with E-state index in [4.69, 9.17) is 11.6 Å². The van der Waals surface area contributed by atoms with Crippen molar-refractivity contribution in [1.82, 2.24) is 15.2 Å². The maximum atomic E-state index is 12.7. The molecule has 0 aliphatic rings. The Hall–Kier alpha value is -2.45. The summed E-state index contributed by atoms with van der Waals surface area (Å²) in [5.74, 6) is -0.666. The fourth-order valence-electron chi connectivity index (χ4n) is 2.57. The van der Waals surface area contributed by atoms with Gasteiger partial charge in [0.1, 0.15) is 6.54 Å². The van der Waals surface area contributed by atoms with E-state index in [0.717, 1.165) is 12.8 Å². The third kappa shape index (κ3) is 7.47. The average molecular weight is 437 g/mol. The van der Waals surface area contributed by atoms with Crippen molar-refractivity contribution in [2.75, 3.05) is 25.0 Å². The molecule has 0 aliphatic carbocycles. The van der Waals surface area contributed by atoms with Gasteiger partial charge in [-0.3, -0.25) is 14.4 Å². The van der Waals surface area contributed by atoms with Crippen molar-refractivity contribution in [1.29, 1.82) is 0 Å². The molecule has 156 valence electrons. The molecule has 0 atom stereocenters. The predicted octanol–water partition coefficient (Wildman–Crippen LogP) is 3.36. The Bertz CT molecular complexity index is 839. The average Bonchev–Trinajstić information content (AvgIpc) is 3.12. The Morgan fingerprint density at radius 1 is 1.10 bits per heavy atom. The van der Waals surface area contributed by atoms with Crippen LogP contribution in [0.2, 0.25) is 5.02 Å². The van der Waals surface area contributed by atoms with Gasteiger partial charge in [0.2, 0.25) is 11.8 Å². The van der Waals surface area contributed by atoms with Gasteiger partial charge in [-0.05, 0) is 37.1 Å². The molecule has 0 aliphatic heterocycles. The van der Waals surface area contributed by atoms with Crippen molar-refractivity contribution >= 4 is 45.8 Å². The first-order chi connectivity index (χ1) is 13.9. The van der Waals surface area contributed by atoms with Crippen molar-refractivity contribution in [3.63, 3.8) is 0 Å². The molecule has 2 aromatic rings. The van der Waals surface area contributed by atoms with E-state index < -0.39 is 0 Å². The molecule has 29 heavy (non-hydrogen) atoms. The third-order valence-corrected chi connectivity index (χ3v) is 4.98. The smallest absolute Gasteiger partial charge is 0.254 e. The van der Waals surface area contributed by atoms with Crippen LogP contribution in [0.25, 0.3) is 0 Å². The second-order valence-electron chi connectivity index (χ2n) is 6.45. The molecule has 0 saturated heterocycles. The summed E-state index contributed by atoms with van der Waals surface area (Å²) in [7, 11) is 0. The second-order valence-corrected chi connectivity index (χ2v) is 7.75. The predicted molar refractivity (Wildman–Crippen MR) is 115 cm³/mol. The standard InChI is InChI=1S/C20H25ClN4O3S/c1-3-9-22-17(26)11-16-13-29-20(23-16)24-18(27)12-25(10-4-2)19(28)14-5-7-15(21)8-6-14/h5-8,13H,3-4,9-12H2,1-2H3,(H,22,26)(H,23,24,27). The SMILES string of the molecule is CCCNC(=O)Cc1csc(NC(=O)CN(CCC)C(=O)c2ccc(Cl)cc2)n1. The summed E-state index contributed by atoms with van der Waals surface area (Å²) in [6.45, 7) is 4.92. The van der Waals surface area contributed by atoms with E-state index in [0.29, 0.717) is 34.5 Å². The minimum Gasteiger partial charge on any atom is -0.356 e. The summed E-state index contributed by atoms with van der Waals surface area (Å²) < 4.78 is 0. The lowest BCUT2D eigenvalue weighted by Gasteiger charge is -2.21. The highest BCUT2D eigenvalue weighted by Gasteiger charge is 2.19. The first-order valence-corrected chi connectivity index (χ1v) is 10.7. The van der Waals surface area contributed by atoms with Crippen molar-refractivity contribution in [2.45, 2.75) is 33.1 Å². The summed E-state index contributed by atoms with van der Waals surface area (Å²) in [6, 6.07) is 6.57. The number of carbonyl (C=O) groups is 3. The monoisotopic (exact) mass is 436 g/mol. The molecule has 3 amide bonds. The fourth-order valence-corrected chi connectivity index (χ4v) is 3.42. The molecule has 1 aromatic carbocycles. The van der Waals surface area contributed by atoms with Gasteiger partial charge in [0.15, 0.2) is 5.13 Å². The first-order valence-electron chi connectivity index (χ1n) is 9.48. The van der Waals surface area contributed by atoms with Gasteiger partial charge in [0, 0.05) is 29.1 Å². The molecule has 7 nitrogen and oxygen atoms in total. The zero-order valence-corrected chi connectivity index (χ0v) is 18.1. The zero-order valence-electron chi connectivity index (χ0n) is 16.5. The Kier molecular flexibility index (Phi) is 9.08. The Morgan fingerprint density at radius 3 is 2.48 bits per heavy atom. The minimum atomic E-state index is -0.336. The number of rotatable bonds is 10. The van der Waals surface area contributed by atoms with Crippen molar-refractivity contribution in [2.24, 2.45) is 0 Å². The van der Waals surface area contributed by atoms with Crippen LogP contribution in [0.1, 0.15) is 42.7 Å². The van der Waals surface area contributed by atoms with Gasteiger partial charge in [-0.1, -0.05) is 25.4 Å². The molecule has 0 fully saturated rings. The lowest BCUT2D eigenvalue weighted by molar-refractivity contribution is -0.120. The molecule has 1 aromatic heterocycles. The van der Waals surface area contributed by atoms with Crippen LogP contribution in [-0.4, -0.2) is 47.2 Å². The molecule has 0 radical (unpaired) electrons.